The van der Waals surface area contributed by atoms with Crippen molar-refractivity contribution in [2.24, 2.45) is 22.0 Å². The number of carbonyl (C=O) groups excluding carboxylic acids is 3. The van der Waals surface area contributed by atoms with Crippen LogP contribution in [0.2, 0.25) is 5.15 Å². The molecule has 18 nitrogen and oxygen atoms in total. The van der Waals surface area contributed by atoms with Crippen molar-refractivity contribution in [2.45, 2.75) is 183 Å². The van der Waals surface area contributed by atoms with Gasteiger partial charge in [-0.25, -0.2) is 51.2 Å². The summed E-state index contributed by atoms with van der Waals surface area (Å²) < 4.78 is 63.8. The van der Waals surface area contributed by atoms with Gasteiger partial charge in [0, 0.05) is 56.7 Å². The Balaban J connectivity index is 0.000000513. The van der Waals surface area contributed by atoms with Crippen molar-refractivity contribution in [1.82, 2.24) is 35.9 Å². The van der Waals surface area contributed by atoms with Gasteiger partial charge in [-0.15, -0.1) is 11.8 Å². The molecule has 0 radical (unpaired) electrons. The maximum absolute atomic E-state index is 12.2. The molecule has 0 saturated carbocycles. The number of ether oxygens (including phenoxy) is 3. The zero-order valence-electron chi connectivity index (χ0n) is 47.9. The summed E-state index contributed by atoms with van der Waals surface area (Å²) in [6.45, 7) is 35.6. The summed E-state index contributed by atoms with van der Waals surface area (Å²) in [6, 6.07) is 13.8. The fourth-order valence-electron chi connectivity index (χ4n) is 5.57. The Morgan fingerprint density at radius 1 is 0.487 bits per heavy atom. The van der Waals surface area contributed by atoms with Gasteiger partial charge in [0.25, 0.3) is 0 Å². The minimum Gasteiger partial charge on any atom is -0.444 e. The van der Waals surface area contributed by atoms with Gasteiger partial charge in [-0.2, -0.15) is 0 Å². The number of aromatic nitrogens is 4. The third-order valence-electron chi connectivity index (χ3n) is 8.46. The van der Waals surface area contributed by atoms with Crippen molar-refractivity contribution in [2.75, 3.05) is 17.3 Å². The molecule has 0 bridgehead atoms. The highest BCUT2D eigenvalue weighted by atomic mass is 35.5. The van der Waals surface area contributed by atoms with Gasteiger partial charge in [0.2, 0.25) is 0 Å². The molecule has 22 heteroatoms. The Hall–Kier alpha value is -5.09. The van der Waals surface area contributed by atoms with Crippen LogP contribution >= 0.6 is 23.4 Å². The topological polar surface area (TPSA) is 261 Å². The first-order chi connectivity index (χ1) is 34.4. The van der Waals surface area contributed by atoms with Crippen molar-refractivity contribution < 1.29 is 45.4 Å². The molecule has 0 aliphatic carbocycles. The van der Waals surface area contributed by atoms with Gasteiger partial charge in [0.15, 0.2) is 29.7 Å². The molecule has 4 aromatic heterocycles. The quantitative estimate of drug-likeness (QED) is 0.0551. The predicted octanol–water partition coefficient (Wildman–Crippen LogP) is 11.3. The molecule has 5 N–H and O–H groups in total. The molecular weight excluding hydrogens is 1050 g/mol. The van der Waals surface area contributed by atoms with Crippen LogP contribution < -0.4 is 21.7 Å². The number of alkyl carbamates (subject to hydrolysis) is 3. The fourth-order valence-corrected chi connectivity index (χ4v) is 10.1. The molecule has 426 valence electrons. The molecule has 0 spiro atoms. The van der Waals surface area contributed by atoms with Crippen LogP contribution in [0.15, 0.2) is 88.4 Å². The Kier molecular flexibility index (Phi) is 26.8. The van der Waals surface area contributed by atoms with Gasteiger partial charge < -0.3 is 35.9 Å². The highest BCUT2D eigenvalue weighted by Crippen LogP contribution is 2.26. The van der Waals surface area contributed by atoms with Gasteiger partial charge in [0.05, 0.1) is 16.5 Å². The maximum Gasteiger partial charge on any atom is 0.407 e. The monoisotopic (exact) mass is 1140 g/mol. The summed E-state index contributed by atoms with van der Waals surface area (Å²) >= 11 is 7.38. The normalized spacial score (nSPS) is 12.2. The van der Waals surface area contributed by atoms with E-state index in [9.17, 15) is 31.2 Å². The van der Waals surface area contributed by atoms with E-state index in [-0.39, 0.29) is 44.3 Å². The van der Waals surface area contributed by atoms with Gasteiger partial charge in [-0.1, -0.05) is 98.2 Å². The van der Waals surface area contributed by atoms with Crippen LogP contribution in [0.4, 0.5) is 14.4 Å². The Morgan fingerprint density at radius 2 is 0.816 bits per heavy atom. The van der Waals surface area contributed by atoms with Crippen LogP contribution in [0.25, 0.3) is 0 Å². The number of sulfone groups is 2. The molecule has 3 amide bonds. The van der Waals surface area contributed by atoms with Gasteiger partial charge in [0.1, 0.15) is 22.0 Å². The summed E-state index contributed by atoms with van der Waals surface area (Å²) in [7, 11) is -6.71. The first kappa shape index (κ1) is 68.9. The summed E-state index contributed by atoms with van der Waals surface area (Å²) in [6.07, 6.45) is 4.99. The highest BCUT2D eigenvalue weighted by molar-refractivity contribution is 7.99. The Bertz CT molecular complexity index is 2630. The van der Waals surface area contributed by atoms with Crippen molar-refractivity contribution >= 4 is 61.3 Å². The number of hydrogen-bond donors (Lipinski definition) is 4. The average Bonchev–Trinajstić information content (AvgIpc) is 3.24. The summed E-state index contributed by atoms with van der Waals surface area (Å²) in [5, 5.41) is 9.57. The molecule has 0 unspecified atom stereocenters. The molecule has 0 aromatic carbocycles. The van der Waals surface area contributed by atoms with E-state index < -0.39 is 54.8 Å². The minimum absolute atomic E-state index is 0.0303. The van der Waals surface area contributed by atoms with Crippen molar-refractivity contribution in [3.8, 4) is 0 Å². The van der Waals surface area contributed by atoms with Crippen LogP contribution in [0.3, 0.4) is 0 Å². The number of pyridine rings is 4. The SMILES string of the molecule is CC(C)(C)CS(=O)(=O)c1ccc(CN)cn1.CC(C)(C)CS(=O)(=O)c1ccc(CNC(=O)OC(C)(C)C)cn1.CC(C)(C)CSc1ccc(CNC(=O)OC(C)(C)C)cn1.CC(C)(C)OC(=O)NCc1ccc(Cl)nc1. The molecule has 76 heavy (non-hydrogen) atoms. The number of nitrogens with zero attached hydrogens (tertiary/aromatic N) is 4. The third-order valence-corrected chi connectivity index (χ3v) is 14.5. The van der Waals surface area contributed by atoms with E-state index in [0.717, 1.165) is 27.5 Å². The number of nitrogens with one attached hydrogen (secondary N) is 3. The van der Waals surface area contributed by atoms with E-state index in [1.165, 1.54) is 24.5 Å². The molecule has 0 aliphatic rings. The summed E-state index contributed by atoms with van der Waals surface area (Å²) in [5.41, 5.74) is 6.93. The lowest BCUT2D eigenvalue weighted by atomic mass is 10.0. The van der Waals surface area contributed by atoms with Gasteiger partial charge in [-0.05, 0) is 125 Å². The highest BCUT2D eigenvalue weighted by Gasteiger charge is 2.26. The lowest BCUT2D eigenvalue weighted by Crippen LogP contribution is -2.32. The van der Waals surface area contributed by atoms with Crippen LogP contribution in [0, 0.1) is 16.2 Å². The number of amides is 3. The molecule has 4 heterocycles. The van der Waals surface area contributed by atoms with Crippen LogP contribution in [0.1, 0.15) is 147 Å². The smallest absolute Gasteiger partial charge is 0.407 e. The number of rotatable bonds is 13. The second-order valence-corrected chi connectivity index (χ2v) is 29.5. The van der Waals surface area contributed by atoms with Crippen molar-refractivity contribution in [3.05, 3.63) is 101 Å². The molecule has 0 aliphatic heterocycles. The first-order valence-corrected chi connectivity index (χ1v) is 29.3. The number of nitrogens with two attached hydrogens (primary N) is 1. The molecule has 0 fully saturated rings. The third kappa shape index (κ3) is 33.8. The zero-order valence-corrected chi connectivity index (χ0v) is 51.1. The fraction of sp³-hybridized carbons (Fsp3) is 0.574. The van der Waals surface area contributed by atoms with E-state index in [1.807, 2.05) is 95.2 Å². The van der Waals surface area contributed by atoms with Crippen LogP contribution in [-0.2, 0) is 60.1 Å². The van der Waals surface area contributed by atoms with Crippen LogP contribution in [-0.4, -0.2) is 89.1 Å². The minimum atomic E-state index is -3.41. The van der Waals surface area contributed by atoms with E-state index >= 15 is 0 Å². The average molecular weight is 1140 g/mol. The lowest BCUT2D eigenvalue weighted by Gasteiger charge is -2.19. The maximum atomic E-state index is 12.2. The zero-order chi connectivity index (χ0) is 58.6. The Labute approximate surface area is 462 Å². The van der Waals surface area contributed by atoms with E-state index in [0.29, 0.717) is 30.4 Å². The van der Waals surface area contributed by atoms with E-state index in [4.69, 9.17) is 31.5 Å². The molecular formula is C54H85ClN8O10S3. The molecule has 0 atom stereocenters. The molecule has 4 rings (SSSR count). The van der Waals surface area contributed by atoms with E-state index in [2.05, 4.69) is 56.7 Å². The van der Waals surface area contributed by atoms with Crippen LogP contribution in [0.5, 0.6) is 0 Å². The number of thioether (sulfide) groups is 1. The number of hydrogen-bond acceptors (Lipinski definition) is 16. The van der Waals surface area contributed by atoms with Gasteiger partial charge >= 0.3 is 18.3 Å². The summed E-state index contributed by atoms with van der Waals surface area (Å²) in [5.74, 6) is 1.15. The summed E-state index contributed by atoms with van der Waals surface area (Å²) in [4.78, 5) is 50.7. The molecule has 4 aromatic rings. The van der Waals surface area contributed by atoms with Crippen molar-refractivity contribution in [1.29, 1.82) is 0 Å². The second kappa shape index (κ2) is 29.6. The lowest BCUT2D eigenvalue weighted by molar-refractivity contribution is 0.0512. The largest absolute Gasteiger partial charge is 0.444 e. The van der Waals surface area contributed by atoms with Crippen molar-refractivity contribution in [3.63, 3.8) is 0 Å². The standard InChI is InChI=1S/C16H26N2O4S.C16H26N2O2S.C11H15ClN2O2.C11H18N2O2S/c1-15(2,3)11-23(20,21)13-8-7-12(9-17-13)10-18-14(19)22-16(4,5)6;1-15(2,3)11-21-13-8-7-12(9-17-13)10-18-14(19)20-16(4,5)6;1-11(2,3)16-10(15)14-7-8-4-5-9(12)13-6-8;1-11(2,3)8-16(14,15)10-5-4-9(6-12)7-13-10/h7-9H,10-11H2,1-6H3,(H,18,19);7-9H,10-11H2,1-6H3,(H,18,19);4-6H,7H2,1-3H3,(H,14,15);4-5,7H,6,8,12H2,1-3H3. The predicted molar refractivity (Wildman–Crippen MR) is 302 cm³/mol. The van der Waals surface area contributed by atoms with Gasteiger partial charge in [-0.3, -0.25) is 0 Å². The Morgan fingerprint density at radius 3 is 1.08 bits per heavy atom. The molecule has 0 saturated heterocycles. The number of carbonyl (C=O) groups is 3. The van der Waals surface area contributed by atoms with E-state index in [1.54, 1.807) is 69.2 Å². The first-order valence-electron chi connectivity index (χ1n) is 24.6. The number of halogens is 1. The second-order valence-electron chi connectivity index (χ2n) is 24.3.